The average Bonchev–Trinajstić information content (AvgIpc) is 2.91. The normalized spacial score (nSPS) is 14.5. The summed E-state index contributed by atoms with van der Waals surface area (Å²) in [6.45, 7) is 5.52. The van der Waals surface area contributed by atoms with Crippen molar-refractivity contribution in [2.24, 2.45) is 0 Å². The number of nitrogens with zero attached hydrogens (tertiary/aromatic N) is 2. The number of anilines is 1. The Balaban J connectivity index is 1.98. The van der Waals surface area contributed by atoms with Crippen molar-refractivity contribution in [2.45, 2.75) is 46.0 Å². The highest BCUT2D eigenvalue weighted by molar-refractivity contribution is 5.94. The molecule has 142 valence electrons. The minimum absolute atomic E-state index is 0.0984. The van der Waals surface area contributed by atoms with Gasteiger partial charge in [-0.05, 0) is 44.0 Å². The highest BCUT2D eigenvalue weighted by atomic mass is 16.5. The van der Waals surface area contributed by atoms with E-state index in [-0.39, 0.29) is 17.8 Å². The predicted octanol–water partition coefficient (Wildman–Crippen LogP) is 3.01. The first-order valence-electron chi connectivity index (χ1n) is 9.36. The number of esters is 1. The smallest absolute Gasteiger partial charge is 0.338 e. The Morgan fingerprint density at radius 2 is 1.65 bits per heavy atom. The van der Waals surface area contributed by atoms with E-state index in [2.05, 4.69) is 0 Å². The second kappa shape index (κ2) is 9.94. The van der Waals surface area contributed by atoms with Crippen molar-refractivity contribution in [3.63, 3.8) is 0 Å². The highest BCUT2D eigenvalue weighted by Crippen LogP contribution is 2.18. The van der Waals surface area contributed by atoms with Crippen LogP contribution < -0.4 is 4.90 Å². The summed E-state index contributed by atoms with van der Waals surface area (Å²) in [5.74, 6) is -0.413. The molecule has 1 fully saturated rings. The van der Waals surface area contributed by atoms with Crippen LogP contribution in [-0.2, 0) is 14.3 Å². The van der Waals surface area contributed by atoms with Gasteiger partial charge in [-0.25, -0.2) is 4.79 Å². The van der Waals surface area contributed by atoms with Crippen LogP contribution in [-0.4, -0.2) is 48.9 Å². The van der Waals surface area contributed by atoms with Gasteiger partial charge in [-0.3, -0.25) is 9.59 Å². The van der Waals surface area contributed by atoms with Gasteiger partial charge in [0.15, 0.2) is 0 Å². The van der Waals surface area contributed by atoms with Gasteiger partial charge in [-0.2, -0.15) is 0 Å². The first-order chi connectivity index (χ1) is 12.5. The molecule has 0 atom stereocenters. The van der Waals surface area contributed by atoms with Crippen LogP contribution in [0.5, 0.6) is 0 Å². The molecule has 1 aliphatic rings. The fraction of sp³-hybridized carbons (Fsp3) is 0.550. The lowest BCUT2D eigenvalue weighted by Crippen LogP contribution is -2.36. The maximum atomic E-state index is 12.5. The Labute approximate surface area is 155 Å². The van der Waals surface area contributed by atoms with E-state index in [4.69, 9.17) is 4.74 Å². The third kappa shape index (κ3) is 5.58. The number of rotatable bonds is 6. The van der Waals surface area contributed by atoms with Crippen molar-refractivity contribution in [3.05, 3.63) is 29.8 Å². The van der Waals surface area contributed by atoms with Gasteiger partial charge in [0, 0.05) is 38.7 Å². The van der Waals surface area contributed by atoms with E-state index in [0.717, 1.165) is 25.9 Å². The van der Waals surface area contributed by atoms with Gasteiger partial charge < -0.3 is 14.5 Å². The average molecular weight is 360 g/mol. The van der Waals surface area contributed by atoms with Gasteiger partial charge in [0.25, 0.3) is 0 Å². The van der Waals surface area contributed by atoms with E-state index in [1.54, 1.807) is 36.1 Å². The zero-order valence-corrected chi connectivity index (χ0v) is 15.7. The minimum Gasteiger partial charge on any atom is -0.462 e. The topological polar surface area (TPSA) is 66.9 Å². The Morgan fingerprint density at radius 1 is 1.04 bits per heavy atom. The van der Waals surface area contributed by atoms with Gasteiger partial charge in [0.2, 0.25) is 11.8 Å². The molecular formula is C20H28N2O4. The molecule has 0 bridgehead atoms. The fourth-order valence-electron chi connectivity index (χ4n) is 3.15. The van der Waals surface area contributed by atoms with Crippen molar-refractivity contribution in [1.29, 1.82) is 0 Å². The monoisotopic (exact) mass is 360 g/mol. The molecule has 6 heteroatoms. The zero-order chi connectivity index (χ0) is 18.9. The molecule has 26 heavy (non-hydrogen) atoms. The van der Waals surface area contributed by atoms with Crippen LogP contribution in [0.15, 0.2) is 24.3 Å². The Morgan fingerprint density at radius 3 is 2.19 bits per heavy atom. The molecule has 0 spiro atoms. The summed E-state index contributed by atoms with van der Waals surface area (Å²) in [4.78, 5) is 39.7. The number of carbonyl (C=O) groups excluding carboxylic acids is 3. The molecule has 0 N–H and O–H groups in total. The summed E-state index contributed by atoms with van der Waals surface area (Å²) in [5, 5.41) is 0. The molecule has 1 aromatic carbocycles. The summed E-state index contributed by atoms with van der Waals surface area (Å²) in [5.41, 5.74) is 1.12. The number of hydrogen-bond donors (Lipinski definition) is 0. The third-order valence-electron chi connectivity index (χ3n) is 4.58. The lowest BCUT2D eigenvalue weighted by atomic mass is 10.2. The largest absolute Gasteiger partial charge is 0.462 e. The lowest BCUT2D eigenvalue weighted by Gasteiger charge is -2.24. The van der Waals surface area contributed by atoms with E-state index in [9.17, 15) is 14.4 Å². The Hall–Kier alpha value is -2.37. The van der Waals surface area contributed by atoms with Gasteiger partial charge in [-0.15, -0.1) is 0 Å². The molecule has 6 nitrogen and oxygen atoms in total. The molecule has 1 aromatic rings. The lowest BCUT2D eigenvalue weighted by molar-refractivity contribution is -0.131. The van der Waals surface area contributed by atoms with Crippen molar-refractivity contribution < 1.29 is 19.1 Å². The fourth-order valence-corrected chi connectivity index (χ4v) is 3.15. The second-order valence-electron chi connectivity index (χ2n) is 6.48. The molecule has 1 heterocycles. The van der Waals surface area contributed by atoms with Crippen molar-refractivity contribution in [3.8, 4) is 0 Å². The van der Waals surface area contributed by atoms with E-state index in [1.807, 2.05) is 4.90 Å². The third-order valence-corrected chi connectivity index (χ3v) is 4.58. The minimum atomic E-state index is -0.384. The molecule has 2 rings (SSSR count). The molecule has 1 aliphatic heterocycles. The van der Waals surface area contributed by atoms with E-state index in [1.165, 1.54) is 19.8 Å². The van der Waals surface area contributed by atoms with Gasteiger partial charge >= 0.3 is 5.97 Å². The molecule has 0 aromatic heterocycles. The van der Waals surface area contributed by atoms with Crippen LogP contribution in [0, 0.1) is 0 Å². The van der Waals surface area contributed by atoms with Gasteiger partial charge in [0.1, 0.15) is 0 Å². The standard InChI is InChI=1S/C20H28N2O4/c1-3-26-20(25)17-8-10-18(11-9-17)22(16(2)23)15-12-19(24)21-13-6-4-5-7-14-21/h8-11H,3-7,12-15H2,1-2H3. The number of likely N-dealkylation sites (tertiary alicyclic amines) is 1. The maximum absolute atomic E-state index is 12.5. The van der Waals surface area contributed by atoms with Crippen LogP contribution in [0.2, 0.25) is 0 Å². The zero-order valence-electron chi connectivity index (χ0n) is 15.7. The van der Waals surface area contributed by atoms with Crippen LogP contribution in [0.25, 0.3) is 0 Å². The SMILES string of the molecule is CCOC(=O)c1ccc(N(CCC(=O)N2CCCCCC2)C(C)=O)cc1. The van der Waals surface area contributed by atoms with Crippen molar-refractivity contribution in [2.75, 3.05) is 31.1 Å². The number of amides is 2. The summed E-state index contributed by atoms with van der Waals surface area (Å²) < 4.78 is 4.96. The summed E-state index contributed by atoms with van der Waals surface area (Å²) in [6.07, 6.45) is 4.76. The molecule has 2 amide bonds. The van der Waals surface area contributed by atoms with Gasteiger partial charge in [0.05, 0.1) is 12.2 Å². The van der Waals surface area contributed by atoms with E-state index >= 15 is 0 Å². The molecule has 0 aliphatic carbocycles. The number of ether oxygens (including phenoxy) is 1. The number of hydrogen-bond acceptors (Lipinski definition) is 4. The van der Waals surface area contributed by atoms with Gasteiger partial charge in [-0.1, -0.05) is 12.8 Å². The predicted molar refractivity (Wildman–Crippen MR) is 100 cm³/mol. The van der Waals surface area contributed by atoms with Crippen LogP contribution in [0.1, 0.15) is 56.3 Å². The summed E-state index contributed by atoms with van der Waals surface area (Å²) >= 11 is 0. The molecule has 0 radical (unpaired) electrons. The highest BCUT2D eigenvalue weighted by Gasteiger charge is 2.19. The first-order valence-corrected chi connectivity index (χ1v) is 9.36. The molecule has 0 saturated carbocycles. The quantitative estimate of drug-likeness (QED) is 0.732. The Kier molecular flexibility index (Phi) is 7.63. The van der Waals surface area contributed by atoms with Crippen LogP contribution >= 0.6 is 0 Å². The molecule has 1 saturated heterocycles. The first kappa shape index (κ1) is 19.9. The van der Waals surface area contributed by atoms with Crippen molar-refractivity contribution >= 4 is 23.5 Å². The molecular weight excluding hydrogens is 332 g/mol. The summed E-state index contributed by atoms with van der Waals surface area (Å²) in [7, 11) is 0. The van der Waals surface area contributed by atoms with E-state index < -0.39 is 0 Å². The summed E-state index contributed by atoms with van der Waals surface area (Å²) in [6, 6.07) is 6.70. The number of carbonyl (C=O) groups is 3. The van der Waals surface area contributed by atoms with Crippen molar-refractivity contribution in [1.82, 2.24) is 4.90 Å². The maximum Gasteiger partial charge on any atom is 0.338 e. The Bertz CT molecular complexity index is 619. The van der Waals surface area contributed by atoms with Crippen LogP contribution in [0.4, 0.5) is 5.69 Å². The van der Waals surface area contributed by atoms with Crippen LogP contribution in [0.3, 0.4) is 0 Å². The van der Waals surface area contributed by atoms with E-state index in [0.29, 0.717) is 30.8 Å². The molecule has 0 unspecified atom stereocenters. The number of benzene rings is 1. The second-order valence-corrected chi connectivity index (χ2v) is 6.48.